The van der Waals surface area contributed by atoms with Crippen molar-refractivity contribution >= 4 is 17.8 Å². The monoisotopic (exact) mass is 373 g/mol. The van der Waals surface area contributed by atoms with E-state index in [1.807, 2.05) is 12.1 Å². The van der Waals surface area contributed by atoms with Crippen LogP contribution in [0.4, 0.5) is 4.79 Å². The van der Waals surface area contributed by atoms with E-state index in [0.717, 1.165) is 36.3 Å². The maximum absolute atomic E-state index is 12.7. The third-order valence-corrected chi connectivity index (χ3v) is 5.09. The Morgan fingerprint density at radius 1 is 1.11 bits per heavy atom. The molecule has 1 heterocycles. The highest BCUT2D eigenvalue weighted by Crippen LogP contribution is 2.23. The fraction of sp³-hybridized carbons (Fsp3) is 0.571. The van der Waals surface area contributed by atoms with E-state index < -0.39 is 23.4 Å². The van der Waals surface area contributed by atoms with Gasteiger partial charge in [0, 0.05) is 5.56 Å². The Morgan fingerprint density at radius 3 is 2.33 bits per heavy atom. The van der Waals surface area contributed by atoms with Gasteiger partial charge in [-0.25, -0.2) is 4.79 Å². The van der Waals surface area contributed by atoms with Crippen LogP contribution in [-0.4, -0.2) is 28.4 Å². The number of nitrogens with zero attached hydrogens (tertiary/aromatic N) is 1. The number of urea groups is 1. The van der Waals surface area contributed by atoms with Crippen LogP contribution in [-0.2, 0) is 4.79 Å². The predicted molar refractivity (Wildman–Crippen MR) is 105 cm³/mol. The Hall–Kier alpha value is -2.37. The van der Waals surface area contributed by atoms with Gasteiger partial charge in [0.15, 0.2) is 0 Å². The minimum absolute atomic E-state index is 0.367. The zero-order valence-electron chi connectivity index (χ0n) is 16.8. The lowest BCUT2D eigenvalue weighted by atomic mass is 9.94. The topological polar surface area (TPSA) is 78.5 Å². The molecule has 2 N–H and O–H groups in total. The van der Waals surface area contributed by atoms with E-state index in [0.29, 0.717) is 17.9 Å². The summed E-state index contributed by atoms with van der Waals surface area (Å²) < 4.78 is 0. The first-order valence-corrected chi connectivity index (χ1v) is 9.86. The second-order valence-corrected chi connectivity index (χ2v) is 7.78. The molecule has 2 rings (SSSR count). The summed E-state index contributed by atoms with van der Waals surface area (Å²) in [5.74, 6) is -0.512. The molecular weight excluding hydrogens is 342 g/mol. The number of hydrogen-bond donors (Lipinski definition) is 2. The fourth-order valence-corrected chi connectivity index (χ4v) is 3.22. The zero-order chi connectivity index (χ0) is 20.0. The Bertz CT molecular complexity index is 684. The summed E-state index contributed by atoms with van der Waals surface area (Å²) in [6.07, 6.45) is 5.92. The van der Waals surface area contributed by atoms with Gasteiger partial charge in [0.2, 0.25) is 0 Å². The summed E-state index contributed by atoms with van der Waals surface area (Å²) in [6, 6.07) is 6.59. The maximum Gasteiger partial charge on any atom is 0.344 e. The lowest BCUT2D eigenvalue weighted by Gasteiger charge is -2.21. The molecule has 27 heavy (non-hydrogen) atoms. The van der Waals surface area contributed by atoms with Gasteiger partial charge in [0.1, 0.15) is 5.54 Å². The Morgan fingerprint density at radius 2 is 1.74 bits per heavy atom. The van der Waals surface area contributed by atoms with Crippen molar-refractivity contribution in [2.24, 2.45) is 0 Å². The third kappa shape index (κ3) is 5.08. The van der Waals surface area contributed by atoms with Gasteiger partial charge in [-0.15, -0.1) is 0 Å². The molecule has 0 unspecified atom stereocenters. The van der Waals surface area contributed by atoms with Crippen LogP contribution in [0.2, 0.25) is 0 Å². The van der Waals surface area contributed by atoms with E-state index >= 15 is 0 Å². The summed E-state index contributed by atoms with van der Waals surface area (Å²) in [5.41, 5.74) is 3.01. The van der Waals surface area contributed by atoms with Crippen molar-refractivity contribution in [2.75, 3.05) is 0 Å². The largest absolute Gasteiger partial charge is 0.344 e. The highest BCUT2D eigenvalue weighted by Gasteiger charge is 2.48. The number of unbranched alkanes of at least 4 members (excludes halogenated alkanes) is 4. The molecule has 0 radical (unpaired) electrons. The molecule has 1 saturated heterocycles. The van der Waals surface area contributed by atoms with Gasteiger partial charge in [-0.1, -0.05) is 65.0 Å². The van der Waals surface area contributed by atoms with Crippen LogP contribution in [0, 0.1) is 0 Å². The van der Waals surface area contributed by atoms with E-state index in [1.54, 1.807) is 19.1 Å². The predicted octanol–water partition coefficient (Wildman–Crippen LogP) is 4.13. The van der Waals surface area contributed by atoms with Crippen LogP contribution in [0.5, 0.6) is 0 Å². The molecule has 6 nitrogen and oxygen atoms in total. The van der Waals surface area contributed by atoms with Gasteiger partial charge in [-0.05, 0) is 37.0 Å². The van der Waals surface area contributed by atoms with Gasteiger partial charge in [-0.3, -0.25) is 15.0 Å². The molecule has 1 aromatic carbocycles. The van der Waals surface area contributed by atoms with Crippen molar-refractivity contribution in [3.8, 4) is 0 Å². The maximum atomic E-state index is 12.7. The molecule has 0 saturated carbocycles. The molecule has 1 atom stereocenters. The Labute approximate surface area is 161 Å². The van der Waals surface area contributed by atoms with Crippen LogP contribution in [0.1, 0.15) is 88.1 Å². The standard InChI is InChI=1S/C21H31N3O3/c1-5-6-7-8-9-14-21(4)19(26)24(20(27)22-21)23-18(25)17-12-10-16(11-13-17)15(2)3/h10-13,15H,5-9,14H2,1-4H3,(H,22,27)(H,23,25)/t21-/m1/s1. The molecule has 0 bridgehead atoms. The number of carbonyl (C=O) groups excluding carboxylic acids is 3. The van der Waals surface area contributed by atoms with Crippen molar-refractivity contribution in [1.82, 2.24) is 15.8 Å². The van der Waals surface area contributed by atoms with Gasteiger partial charge in [0.25, 0.3) is 11.8 Å². The Balaban J connectivity index is 1.96. The number of carbonyl (C=O) groups is 3. The first kappa shape index (κ1) is 20.9. The molecule has 1 aliphatic rings. The highest BCUT2D eigenvalue weighted by molar-refractivity contribution is 6.09. The molecule has 6 heteroatoms. The van der Waals surface area contributed by atoms with E-state index in [9.17, 15) is 14.4 Å². The number of rotatable bonds is 9. The van der Waals surface area contributed by atoms with Gasteiger partial charge in [-0.2, -0.15) is 5.01 Å². The lowest BCUT2D eigenvalue weighted by Crippen LogP contribution is -2.48. The average Bonchev–Trinajstić information content (AvgIpc) is 2.85. The molecule has 1 aromatic rings. The van der Waals surface area contributed by atoms with Crippen molar-refractivity contribution in [2.45, 2.75) is 77.7 Å². The number of amides is 4. The summed E-state index contributed by atoms with van der Waals surface area (Å²) in [4.78, 5) is 37.4. The third-order valence-electron chi connectivity index (χ3n) is 5.09. The van der Waals surface area contributed by atoms with E-state index in [4.69, 9.17) is 0 Å². The van der Waals surface area contributed by atoms with Crippen LogP contribution in [0.3, 0.4) is 0 Å². The molecule has 148 valence electrons. The van der Waals surface area contributed by atoms with Crippen molar-refractivity contribution in [3.63, 3.8) is 0 Å². The summed E-state index contributed by atoms with van der Waals surface area (Å²) in [7, 11) is 0. The normalized spacial score (nSPS) is 19.5. The zero-order valence-corrected chi connectivity index (χ0v) is 16.8. The molecule has 4 amide bonds. The van der Waals surface area contributed by atoms with Crippen LogP contribution >= 0.6 is 0 Å². The van der Waals surface area contributed by atoms with Crippen LogP contribution < -0.4 is 10.7 Å². The Kier molecular flexibility index (Phi) is 6.99. The summed E-state index contributed by atoms with van der Waals surface area (Å²) in [6.45, 7) is 8.02. The van der Waals surface area contributed by atoms with E-state index in [2.05, 4.69) is 31.5 Å². The van der Waals surface area contributed by atoms with Crippen molar-refractivity contribution in [1.29, 1.82) is 0 Å². The minimum atomic E-state index is -0.960. The van der Waals surface area contributed by atoms with Crippen molar-refractivity contribution in [3.05, 3.63) is 35.4 Å². The van der Waals surface area contributed by atoms with Crippen LogP contribution in [0.15, 0.2) is 24.3 Å². The number of hydrazine groups is 1. The van der Waals surface area contributed by atoms with E-state index in [1.165, 1.54) is 6.42 Å². The molecule has 0 aromatic heterocycles. The average molecular weight is 373 g/mol. The summed E-state index contributed by atoms with van der Waals surface area (Å²) >= 11 is 0. The molecule has 1 aliphatic heterocycles. The van der Waals surface area contributed by atoms with Crippen LogP contribution in [0.25, 0.3) is 0 Å². The smallest absolute Gasteiger partial charge is 0.322 e. The highest BCUT2D eigenvalue weighted by atomic mass is 16.2. The molecule has 0 aliphatic carbocycles. The minimum Gasteiger partial charge on any atom is -0.322 e. The number of hydrogen-bond acceptors (Lipinski definition) is 3. The van der Waals surface area contributed by atoms with Crippen molar-refractivity contribution < 1.29 is 14.4 Å². The first-order valence-electron chi connectivity index (χ1n) is 9.86. The second-order valence-electron chi connectivity index (χ2n) is 7.78. The lowest BCUT2D eigenvalue weighted by molar-refractivity contribution is -0.132. The second kappa shape index (κ2) is 9.02. The first-order chi connectivity index (χ1) is 12.8. The number of nitrogens with one attached hydrogen (secondary N) is 2. The number of benzene rings is 1. The molecule has 1 fully saturated rings. The SMILES string of the molecule is CCCCCCC[C@@]1(C)NC(=O)N(NC(=O)c2ccc(C(C)C)cc2)C1=O. The fourth-order valence-electron chi connectivity index (χ4n) is 3.22. The van der Waals surface area contributed by atoms with Gasteiger partial charge >= 0.3 is 6.03 Å². The van der Waals surface area contributed by atoms with E-state index in [-0.39, 0.29) is 0 Å². The number of imide groups is 1. The van der Waals surface area contributed by atoms with Gasteiger partial charge in [0.05, 0.1) is 0 Å². The molecule has 0 spiro atoms. The quantitative estimate of drug-likeness (QED) is 0.505. The molecular formula is C21H31N3O3. The summed E-state index contributed by atoms with van der Waals surface area (Å²) in [5, 5.41) is 3.53. The van der Waals surface area contributed by atoms with Gasteiger partial charge < -0.3 is 5.32 Å².